The molecule has 1 aliphatic carbocycles. The van der Waals surface area contributed by atoms with E-state index in [4.69, 9.17) is 9.84 Å². The molecule has 3 N–H and O–H groups in total. The lowest BCUT2D eigenvalue weighted by molar-refractivity contribution is -0.140. The van der Waals surface area contributed by atoms with Crippen LogP contribution in [0.2, 0.25) is 0 Å². The number of hydrogen-bond acceptors (Lipinski definition) is 3. The minimum absolute atomic E-state index is 0.225. The summed E-state index contributed by atoms with van der Waals surface area (Å²) in [5.41, 5.74) is -0.424. The summed E-state index contributed by atoms with van der Waals surface area (Å²) in [6.45, 7) is 4.11. The first-order valence-corrected chi connectivity index (χ1v) is 5.85. The van der Waals surface area contributed by atoms with Crippen molar-refractivity contribution < 1.29 is 19.4 Å². The molecule has 18 heavy (non-hydrogen) atoms. The van der Waals surface area contributed by atoms with Crippen molar-refractivity contribution in [2.24, 2.45) is 5.92 Å². The van der Waals surface area contributed by atoms with Crippen LogP contribution in [-0.4, -0.2) is 42.4 Å². The smallest absolute Gasteiger partial charge is 0.315 e. The first-order chi connectivity index (χ1) is 8.34. The number of nitrogens with one attached hydrogen (secondary N) is 2. The van der Waals surface area contributed by atoms with E-state index in [-0.39, 0.29) is 12.1 Å². The molecule has 0 radical (unpaired) electrons. The van der Waals surface area contributed by atoms with Gasteiger partial charge in [-0.1, -0.05) is 12.2 Å². The molecule has 1 rings (SSSR count). The molecule has 2 amide bonds. The fourth-order valence-corrected chi connectivity index (χ4v) is 1.57. The van der Waals surface area contributed by atoms with Crippen LogP contribution < -0.4 is 10.6 Å². The van der Waals surface area contributed by atoms with E-state index in [2.05, 4.69) is 10.6 Å². The van der Waals surface area contributed by atoms with Gasteiger partial charge in [-0.15, -0.1) is 0 Å². The van der Waals surface area contributed by atoms with E-state index >= 15 is 0 Å². The lowest BCUT2D eigenvalue weighted by atomic mass is 10.1. The Morgan fingerprint density at radius 2 is 2.11 bits per heavy atom. The van der Waals surface area contributed by atoms with Crippen LogP contribution in [0.3, 0.4) is 0 Å². The highest BCUT2D eigenvalue weighted by Gasteiger charge is 2.25. The van der Waals surface area contributed by atoms with Gasteiger partial charge in [-0.25, -0.2) is 4.79 Å². The molecule has 0 bridgehead atoms. The van der Waals surface area contributed by atoms with E-state index < -0.39 is 17.5 Å². The van der Waals surface area contributed by atoms with Crippen LogP contribution in [0.15, 0.2) is 12.2 Å². The van der Waals surface area contributed by atoms with Crippen LogP contribution in [-0.2, 0) is 9.53 Å². The Kier molecular flexibility index (Phi) is 4.72. The minimum Gasteiger partial charge on any atom is -0.481 e. The molecule has 0 aromatic heterocycles. The predicted octanol–water partition coefficient (Wildman–Crippen LogP) is 0.740. The van der Waals surface area contributed by atoms with Crippen molar-refractivity contribution in [1.29, 1.82) is 0 Å². The van der Waals surface area contributed by atoms with Gasteiger partial charge >= 0.3 is 12.0 Å². The molecular formula is C12H20N2O4. The van der Waals surface area contributed by atoms with Gasteiger partial charge in [0.25, 0.3) is 0 Å². The second kappa shape index (κ2) is 5.86. The molecular weight excluding hydrogens is 236 g/mol. The van der Waals surface area contributed by atoms with E-state index in [9.17, 15) is 9.59 Å². The summed E-state index contributed by atoms with van der Waals surface area (Å²) in [6.07, 6.45) is 3.71. The lowest BCUT2D eigenvalue weighted by Gasteiger charge is -2.23. The van der Waals surface area contributed by atoms with Gasteiger partial charge in [-0.3, -0.25) is 4.79 Å². The van der Waals surface area contributed by atoms with Crippen molar-refractivity contribution in [2.75, 3.05) is 13.7 Å². The molecule has 102 valence electrons. The van der Waals surface area contributed by atoms with E-state index in [1.54, 1.807) is 19.3 Å². The molecule has 6 heteroatoms. The number of rotatable bonds is 5. The fourth-order valence-electron chi connectivity index (χ4n) is 1.57. The zero-order valence-electron chi connectivity index (χ0n) is 10.9. The van der Waals surface area contributed by atoms with Crippen molar-refractivity contribution in [3.05, 3.63) is 12.2 Å². The summed E-state index contributed by atoms with van der Waals surface area (Å²) in [6, 6.07) is -0.544. The van der Waals surface area contributed by atoms with Gasteiger partial charge < -0.3 is 20.5 Å². The molecule has 6 nitrogen and oxygen atoms in total. The monoisotopic (exact) mass is 256 g/mol. The van der Waals surface area contributed by atoms with Gasteiger partial charge in [0.05, 0.1) is 17.6 Å². The first kappa shape index (κ1) is 14.5. The number of aliphatic carboxylic acids is 1. The maximum atomic E-state index is 11.6. The number of methoxy groups -OCH3 is 1. The highest BCUT2D eigenvalue weighted by atomic mass is 16.5. The quantitative estimate of drug-likeness (QED) is 0.633. The molecule has 2 unspecified atom stereocenters. The summed E-state index contributed by atoms with van der Waals surface area (Å²) in [5.74, 6) is -1.37. The number of amides is 2. The normalized spacial score (nSPS) is 22.8. The van der Waals surface area contributed by atoms with Crippen LogP contribution in [0.4, 0.5) is 4.79 Å². The average molecular weight is 256 g/mol. The molecule has 0 heterocycles. The fraction of sp³-hybridized carbons (Fsp3) is 0.667. The molecule has 0 saturated carbocycles. The number of carbonyl (C=O) groups excluding carboxylic acids is 1. The van der Waals surface area contributed by atoms with Crippen molar-refractivity contribution in [1.82, 2.24) is 10.6 Å². The van der Waals surface area contributed by atoms with Crippen LogP contribution >= 0.6 is 0 Å². The molecule has 0 spiro atoms. The lowest BCUT2D eigenvalue weighted by Crippen LogP contribution is -2.46. The Bertz CT molecular complexity index is 352. The molecule has 0 fully saturated rings. The van der Waals surface area contributed by atoms with Crippen LogP contribution in [0.1, 0.15) is 20.3 Å². The number of urea groups is 1. The third-order valence-electron chi connectivity index (χ3n) is 2.94. The topological polar surface area (TPSA) is 87.7 Å². The summed E-state index contributed by atoms with van der Waals surface area (Å²) < 4.78 is 5.17. The molecule has 0 aliphatic heterocycles. The number of carbonyl (C=O) groups is 2. The van der Waals surface area contributed by atoms with Gasteiger partial charge in [-0.2, -0.15) is 0 Å². The Hall–Kier alpha value is -1.56. The molecule has 2 atom stereocenters. The Balaban J connectivity index is 2.30. The van der Waals surface area contributed by atoms with Gasteiger partial charge in [-0.05, 0) is 20.3 Å². The number of ether oxygens (including phenoxy) is 1. The van der Waals surface area contributed by atoms with E-state index in [1.807, 2.05) is 13.8 Å². The second-order valence-electron chi connectivity index (χ2n) is 4.96. The number of hydrogen-bond donors (Lipinski definition) is 3. The Morgan fingerprint density at radius 3 is 2.61 bits per heavy atom. The molecule has 1 aliphatic rings. The van der Waals surface area contributed by atoms with Gasteiger partial charge in [0, 0.05) is 13.7 Å². The van der Waals surface area contributed by atoms with Crippen LogP contribution in [0.25, 0.3) is 0 Å². The standard InChI is InChI=1S/C12H20N2O4/c1-12(2,18-3)7-13-11(17)14-9-5-4-8(6-9)10(15)16/h4-5,8-9H,6-7H2,1-3H3,(H,15,16)(H2,13,14,17). The summed E-state index contributed by atoms with van der Waals surface area (Å²) >= 11 is 0. The molecule has 0 aromatic rings. The van der Waals surface area contributed by atoms with Crippen molar-refractivity contribution >= 4 is 12.0 Å². The zero-order chi connectivity index (χ0) is 13.8. The van der Waals surface area contributed by atoms with Crippen LogP contribution in [0, 0.1) is 5.92 Å². The highest BCUT2D eigenvalue weighted by molar-refractivity contribution is 5.76. The largest absolute Gasteiger partial charge is 0.481 e. The van der Waals surface area contributed by atoms with Gasteiger partial charge in [0.15, 0.2) is 0 Å². The minimum atomic E-state index is -0.864. The predicted molar refractivity (Wildman–Crippen MR) is 66.3 cm³/mol. The Labute approximate surface area is 106 Å². The summed E-state index contributed by atoms with van der Waals surface area (Å²) in [5, 5.41) is 14.2. The summed E-state index contributed by atoms with van der Waals surface area (Å²) in [4.78, 5) is 22.3. The second-order valence-corrected chi connectivity index (χ2v) is 4.96. The highest BCUT2D eigenvalue weighted by Crippen LogP contribution is 2.17. The maximum Gasteiger partial charge on any atom is 0.315 e. The third kappa shape index (κ3) is 4.37. The van der Waals surface area contributed by atoms with Crippen molar-refractivity contribution in [3.63, 3.8) is 0 Å². The van der Waals surface area contributed by atoms with E-state index in [1.165, 1.54) is 0 Å². The van der Waals surface area contributed by atoms with E-state index in [0.717, 1.165) is 0 Å². The first-order valence-electron chi connectivity index (χ1n) is 5.85. The Morgan fingerprint density at radius 1 is 1.44 bits per heavy atom. The average Bonchev–Trinajstić information content (AvgIpc) is 2.75. The van der Waals surface area contributed by atoms with Crippen molar-refractivity contribution in [2.45, 2.75) is 31.9 Å². The third-order valence-corrected chi connectivity index (χ3v) is 2.94. The zero-order valence-corrected chi connectivity index (χ0v) is 10.9. The molecule has 0 aromatic carbocycles. The number of carboxylic acid groups (broad SMARTS) is 1. The van der Waals surface area contributed by atoms with Crippen LogP contribution in [0.5, 0.6) is 0 Å². The number of carboxylic acids is 1. The summed E-state index contributed by atoms with van der Waals surface area (Å²) in [7, 11) is 1.58. The SMILES string of the molecule is COC(C)(C)CNC(=O)NC1C=CC(C(=O)O)C1. The maximum absolute atomic E-state index is 11.6. The molecule has 0 saturated heterocycles. The van der Waals surface area contributed by atoms with Gasteiger partial charge in [0.1, 0.15) is 0 Å². The van der Waals surface area contributed by atoms with Crippen molar-refractivity contribution in [3.8, 4) is 0 Å². The van der Waals surface area contributed by atoms with Gasteiger partial charge in [0.2, 0.25) is 0 Å². The van der Waals surface area contributed by atoms with E-state index in [0.29, 0.717) is 13.0 Å².